The van der Waals surface area contributed by atoms with Crippen LogP contribution in [0.15, 0.2) is 54.3 Å². The molecule has 1 heterocycles. The molecule has 4 nitrogen and oxygen atoms in total. The number of anilines is 1. The minimum Gasteiger partial charge on any atom is -0.332 e. The number of benzene rings is 1. The van der Waals surface area contributed by atoms with E-state index >= 15 is 0 Å². The monoisotopic (exact) mass is 322 g/mol. The van der Waals surface area contributed by atoms with Crippen LogP contribution in [-0.2, 0) is 22.4 Å². The first-order chi connectivity index (χ1) is 11.5. The van der Waals surface area contributed by atoms with E-state index < -0.39 is 5.41 Å². The zero-order valence-electron chi connectivity index (χ0n) is 14.1. The average molecular weight is 322 g/mol. The number of hydrogen-bond donors (Lipinski definition) is 2. The molecular weight excluding hydrogens is 300 g/mol. The molecule has 0 bridgehead atoms. The lowest BCUT2D eigenvalue weighted by Gasteiger charge is -2.22. The van der Waals surface area contributed by atoms with Gasteiger partial charge in [-0.3, -0.25) is 9.59 Å². The van der Waals surface area contributed by atoms with Gasteiger partial charge >= 0.3 is 0 Å². The highest BCUT2D eigenvalue weighted by atomic mass is 16.2. The Labute approximate surface area is 142 Å². The second-order valence-electron chi connectivity index (χ2n) is 6.37. The molecule has 0 saturated carbocycles. The summed E-state index contributed by atoms with van der Waals surface area (Å²) in [5, 5.41) is 5.69. The number of allylic oxidation sites excluding steroid dienone is 4. The smallest absolute Gasteiger partial charge is 0.235 e. The van der Waals surface area contributed by atoms with Crippen molar-refractivity contribution in [2.75, 3.05) is 5.32 Å². The maximum Gasteiger partial charge on any atom is 0.235 e. The van der Waals surface area contributed by atoms with Gasteiger partial charge in [0.1, 0.15) is 0 Å². The van der Waals surface area contributed by atoms with Crippen LogP contribution >= 0.6 is 0 Å². The van der Waals surface area contributed by atoms with Gasteiger partial charge in [-0.25, -0.2) is 0 Å². The van der Waals surface area contributed by atoms with Crippen LogP contribution in [0.25, 0.3) is 0 Å². The molecular formula is C20H22N2O2. The highest BCUT2D eigenvalue weighted by molar-refractivity contribution is 5.93. The fourth-order valence-corrected chi connectivity index (χ4v) is 3.45. The Morgan fingerprint density at radius 1 is 1.29 bits per heavy atom. The van der Waals surface area contributed by atoms with E-state index in [1.165, 1.54) is 12.5 Å². The lowest BCUT2D eigenvalue weighted by Crippen LogP contribution is -2.34. The SMILES string of the molecule is CC/C=C\C=C/C1=CNC(=O)C12Cc1ccc(NC(C)=O)cc1C2. The van der Waals surface area contributed by atoms with Crippen LogP contribution < -0.4 is 10.6 Å². The lowest BCUT2D eigenvalue weighted by atomic mass is 9.78. The van der Waals surface area contributed by atoms with Crippen LogP contribution in [0, 0.1) is 5.41 Å². The summed E-state index contributed by atoms with van der Waals surface area (Å²) >= 11 is 0. The third-order valence-corrected chi connectivity index (χ3v) is 4.62. The number of carbonyl (C=O) groups excluding carboxylic acids is 2. The van der Waals surface area contributed by atoms with Gasteiger partial charge < -0.3 is 10.6 Å². The second-order valence-corrected chi connectivity index (χ2v) is 6.37. The van der Waals surface area contributed by atoms with Gasteiger partial charge in [0.05, 0.1) is 5.41 Å². The predicted molar refractivity (Wildman–Crippen MR) is 95.4 cm³/mol. The summed E-state index contributed by atoms with van der Waals surface area (Å²) in [7, 11) is 0. The van der Waals surface area contributed by atoms with Gasteiger partial charge in [-0.1, -0.05) is 37.3 Å². The molecule has 1 unspecified atom stereocenters. The van der Waals surface area contributed by atoms with Crippen molar-refractivity contribution in [1.29, 1.82) is 0 Å². The van der Waals surface area contributed by atoms with Crippen molar-refractivity contribution in [3.8, 4) is 0 Å². The number of carbonyl (C=O) groups is 2. The van der Waals surface area contributed by atoms with Crippen LogP contribution in [0.4, 0.5) is 5.69 Å². The van der Waals surface area contributed by atoms with Crippen molar-refractivity contribution in [3.05, 3.63) is 65.4 Å². The topological polar surface area (TPSA) is 58.2 Å². The van der Waals surface area contributed by atoms with Crippen molar-refractivity contribution in [2.45, 2.75) is 33.1 Å². The van der Waals surface area contributed by atoms with Crippen molar-refractivity contribution in [2.24, 2.45) is 5.41 Å². The third-order valence-electron chi connectivity index (χ3n) is 4.62. The Kier molecular flexibility index (Phi) is 4.38. The van der Waals surface area contributed by atoms with E-state index in [1.54, 1.807) is 0 Å². The van der Waals surface area contributed by atoms with Crippen molar-refractivity contribution >= 4 is 17.5 Å². The first-order valence-corrected chi connectivity index (χ1v) is 8.29. The van der Waals surface area contributed by atoms with Crippen LogP contribution in [0.5, 0.6) is 0 Å². The molecule has 2 amide bonds. The van der Waals surface area contributed by atoms with E-state index in [0.717, 1.165) is 23.2 Å². The summed E-state index contributed by atoms with van der Waals surface area (Å²) in [6.45, 7) is 3.58. The summed E-state index contributed by atoms with van der Waals surface area (Å²) < 4.78 is 0. The number of hydrogen-bond acceptors (Lipinski definition) is 2. The molecule has 0 fully saturated rings. The van der Waals surface area contributed by atoms with Crippen LogP contribution in [0.1, 0.15) is 31.4 Å². The molecule has 1 atom stereocenters. The van der Waals surface area contributed by atoms with Gasteiger partial charge in [0.2, 0.25) is 11.8 Å². The number of nitrogens with one attached hydrogen (secondary N) is 2. The van der Waals surface area contributed by atoms with E-state index in [9.17, 15) is 9.59 Å². The second kappa shape index (κ2) is 6.48. The molecule has 1 aliphatic carbocycles. The van der Waals surface area contributed by atoms with Gasteiger partial charge in [-0.15, -0.1) is 0 Å². The molecule has 4 heteroatoms. The first kappa shape index (κ1) is 16.2. The zero-order valence-corrected chi connectivity index (χ0v) is 14.1. The van der Waals surface area contributed by atoms with Crippen LogP contribution in [0.2, 0.25) is 0 Å². The molecule has 1 spiro atoms. The summed E-state index contributed by atoms with van der Waals surface area (Å²) in [4.78, 5) is 23.8. The number of amides is 2. The fraction of sp³-hybridized carbons (Fsp3) is 0.300. The molecule has 1 aliphatic heterocycles. The maximum atomic E-state index is 12.5. The zero-order chi connectivity index (χ0) is 17.2. The van der Waals surface area contributed by atoms with Gasteiger partial charge in [0.25, 0.3) is 0 Å². The standard InChI is InChI=1S/C20H22N2O2/c1-3-4-5-6-7-17-13-21-19(24)20(17)11-15-8-9-18(22-14(2)23)10-16(15)12-20/h4-10,13H,3,11-12H2,1-2H3,(H,21,24)(H,22,23)/b5-4-,7-6-. The van der Waals surface area contributed by atoms with Crippen molar-refractivity contribution in [3.63, 3.8) is 0 Å². The van der Waals surface area contributed by atoms with Crippen molar-refractivity contribution in [1.82, 2.24) is 5.32 Å². The van der Waals surface area contributed by atoms with Gasteiger partial charge in [-0.2, -0.15) is 0 Å². The highest BCUT2D eigenvalue weighted by Gasteiger charge is 2.48. The summed E-state index contributed by atoms with van der Waals surface area (Å²) in [5.74, 6) is -0.0357. The Morgan fingerprint density at radius 2 is 2.08 bits per heavy atom. The minimum absolute atomic E-state index is 0.0545. The Bertz CT molecular complexity index is 774. The van der Waals surface area contributed by atoms with Crippen LogP contribution in [-0.4, -0.2) is 11.8 Å². The molecule has 0 aromatic heterocycles. The molecule has 24 heavy (non-hydrogen) atoms. The van der Waals surface area contributed by atoms with Gasteiger partial charge in [-0.05, 0) is 48.1 Å². The highest BCUT2D eigenvalue weighted by Crippen LogP contribution is 2.46. The van der Waals surface area contributed by atoms with E-state index in [4.69, 9.17) is 0 Å². The summed E-state index contributed by atoms with van der Waals surface area (Å²) in [6.07, 6.45) is 12.3. The number of fused-ring (bicyclic) bond motifs is 1. The lowest BCUT2D eigenvalue weighted by molar-refractivity contribution is -0.126. The Morgan fingerprint density at radius 3 is 2.83 bits per heavy atom. The quantitative estimate of drug-likeness (QED) is 0.836. The van der Waals surface area contributed by atoms with E-state index in [2.05, 4.69) is 23.6 Å². The largest absolute Gasteiger partial charge is 0.332 e. The molecule has 124 valence electrons. The van der Waals surface area contributed by atoms with E-state index in [-0.39, 0.29) is 11.8 Å². The molecule has 2 N–H and O–H groups in total. The Balaban J connectivity index is 1.86. The summed E-state index contributed by atoms with van der Waals surface area (Å²) in [6, 6.07) is 5.89. The molecule has 1 aromatic rings. The van der Waals surface area contributed by atoms with Gasteiger partial charge in [0.15, 0.2) is 0 Å². The molecule has 0 radical (unpaired) electrons. The fourth-order valence-electron chi connectivity index (χ4n) is 3.45. The third kappa shape index (κ3) is 2.92. The Hall–Kier alpha value is -2.62. The summed E-state index contributed by atoms with van der Waals surface area (Å²) in [5.41, 5.74) is 3.58. The minimum atomic E-state index is -0.520. The van der Waals surface area contributed by atoms with E-state index in [0.29, 0.717) is 12.8 Å². The number of rotatable bonds is 4. The van der Waals surface area contributed by atoms with Crippen molar-refractivity contribution < 1.29 is 9.59 Å². The molecule has 2 aliphatic rings. The molecule has 1 aromatic carbocycles. The average Bonchev–Trinajstić information content (AvgIpc) is 3.05. The normalized spacial score (nSPS) is 22.2. The first-order valence-electron chi connectivity index (χ1n) is 8.29. The predicted octanol–water partition coefficient (Wildman–Crippen LogP) is 3.27. The van der Waals surface area contributed by atoms with E-state index in [1.807, 2.05) is 42.6 Å². The molecule has 0 saturated heterocycles. The molecule has 3 rings (SSSR count). The van der Waals surface area contributed by atoms with Crippen LogP contribution in [0.3, 0.4) is 0 Å². The van der Waals surface area contributed by atoms with Gasteiger partial charge in [0, 0.05) is 18.8 Å². The maximum absolute atomic E-state index is 12.5.